The maximum absolute atomic E-state index is 11.6. The Kier molecular flexibility index (Phi) is 8.79. The predicted molar refractivity (Wildman–Crippen MR) is 179 cm³/mol. The molecule has 50 heavy (non-hydrogen) atoms. The molecule has 0 aliphatic heterocycles. The third-order valence-electron chi connectivity index (χ3n) is 9.38. The van der Waals surface area contributed by atoms with E-state index in [1.54, 1.807) is 60.7 Å². The lowest BCUT2D eigenvalue weighted by atomic mass is 9.75. The van der Waals surface area contributed by atoms with Gasteiger partial charge in [-0.1, -0.05) is 60.7 Å². The lowest BCUT2D eigenvalue weighted by Crippen LogP contribution is -2.14. The molecule has 0 spiro atoms. The Balaban J connectivity index is 1.67. The van der Waals surface area contributed by atoms with Crippen molar-refractivity contribution < 1.29 is 24.6 Å². The van der Waals surface area contributed by atoms with Gasteiger partial charge < -0.3 is 0 Å². The van der Waals surface area contributed by atoms with Gasteiger partial charge in [0.05, 0.1) is 24.6 Å². The highest BCUT2D eigenvalue weighted by Gasteiger charge is 2.53. The molecule has 0 aromatic heterocycles. The summed E-state index contributed by atoms with van der Waals surface area (Å²) in [7, 11) is 0. The Morgan fingerprint density at radius 2 is 0.380 bits per heavy atom. The quantitative estimate of drug-likeness (QED) is 0.102. The third kappa shape index (κ3) is 6.22. The molecule has 0 saturated heterocycles. The van der Waals surface area contributed by atoms with Gasteiger partial charge in [-0.3, -0.25) is 50.6 Å². The van der Waals surface area contributed by atoms with Crippen LogP contribution in [-0.2, 0) is 0 Å². The number of hydrogen-bond acceptors (Lipinski definition) is 10. The van der Waals surface area contributed by atoms with Crippen molar-refractivity contribution in [1.82, 2.24) is 0 Å². The van der Waals surface area contributed by atoms with Gasteiger partial charge in [0.15, 0.2) is 0 Å². The second-order valence-electron chi connectivity index (χ2n) is 11.9. The second-order valence-corrected chi connectivity index (χ2v) is 11.9. The fraction of sp³-hybridized carbons (Fsp3) is 0.143. The van der Waals surface area contributed by atoms with Gasteiger partial charge in [0.25, 0.3) is 28.4 Å². The molecule has 1 fully saturated rings. The highest BCUT2D eigenvalue weighted by atomic mass is 16.6. The van der Waals surface area contributed by atoms with Crippen LogP contribution < -0.4 is 0 Å². The van der Waals surface area contributed by atoms with Crippen molar-refractivity contribution in [2.24, 2.45) is 0 Å². The predicted octanol–water partition coefficient (Wildman–Crippen LogP) is 8.46. The summed E-state index contributed by atoms with van der Waals surface area (Å²) >= 11 is 0. The Bertz CT molecular complexity index is 1740. The van der Waals surface area contributed by atoms with E-state index >= 15 is 0 Å². The van der Waals surface area contributed by atoms with Crippen molar-refractivity contribution >= 4 is 28.4 Å². The van der Waals surface area contributed by atoms with Gasteiger partial charge >= 0.3 is 0 Å². The van der Waals surface area contributed by atoms with Gasteiger partial charge in [-0.15, -0.1) is 0 Å². The largest absolute Gasteiger partial charge is 0.269 e. The topological polar surface area (TPSA) is 216 Å². The van der Waals surface area contributed by atoms with E-state index in [0.29, 0.717) is 27.8 Å². The van der Waals surface area contributed by atoms with E-state index in [0.717, 1.165) is 0 Å². The average molecular weight is 676 g/mol. The van der Waals surface area contributed by atoms with Gasteiger partial charge in [0, 0.05) is 60.7 Å². The summed E-state index contributed by atoms with van der Waals surface area (Å²) in [5.41, 5.74) is 2.58. The molecule has 15 nitrogen and oxygen atoms in total. The van der Waals surface area contributed by atoms with Crippen molar-refractivity contribution in [2.75, 3.05) is 0 Å². The molecule has 1 aliphatic rings. The van der Waals surface area contributed by atoms with E-state index in [1.165, 1.54) is 60.7 Å². The molecule has 15 heteroatoms. The zero-order valence-corrected chi connectivity index (χ0v) is 25.8. The molecule has 5 aromatic carbocycles. The summed E-state index contributed by atoms with van der Waals surface area (Å²) in [5, 5.41) is 58.0. The first-order valence-electron chi connectivity index (χ1n) is 15.2. The van der Waals surface area contributed by atoms with Gasteiger partial charge in [0.1, 0.15) is 0 Å². The summed E-state index contributed by atoms with van der Waals surface area (Å²) in [6, 6.07) is 30.0. The number of hydrogen-bond donors (Lipinski definition) is 0. The molecule has 0 bridgehead atoms. The van der Waals surface area contributed by atoms with Crippen LogP contribution in [0.25, 0.3) is 0 Å². The van der Waals surface area contributed by atoms with E-state index in [9.17, 15) is 50.6 Å². The molecular formula is C35H25N5O10. The number of benzene rings is 5. The molecule has 1 aliphatic carbocycles. The summed E-state index contributed by atoms with van der Waals surface area (Å²) in [5.74, 6) is -2.64. The summed E-state index contributed by atoms with van der Waals surface area (Å²) in [4.78, 5) is 55.4. The van der Waals surface area contributed by atoms with Crippen LogP contribution in [0.3, 0.4) is 0 Å². The third-order valence-corrected chi connectivity index (χ3v) is 9.38. The lowest BCUT2D eigenvalue weighted by Gasteiger charge is -2.28. The molecule has 6 rings (SSSR count). The minimum atomic E-state index is -0.529. The van der Waals surface area contributed by atoms with E-state index in [2.05, 4.69) is 0 Å². The molecule has 0 amide bonds. The van der Waals surface area contributed by atoms with Crippen molar-refractivity contribution in [3.05, 3.63) is 200 Å². The number of nitro benzene ring substituents is 5. The fourth-order valence-corrected chi connectivity index (χ4v) is 7.28. The van der Waals surface area contributed by atoms with Crippen LogP contribution in [0.5, 0.6) is 0 Å². The van der Waals surface area contributed by atoms with E-state index in [4.69, 9.17) is 0 Å². The van der Waals surface area contributed by atoms with Crippen LogP contribution in [0.2, 0.25) is 0 Å². The van der Waals surface area contributed by atoms with Crippen molar-refractivity contribution in [3.8, 4) is 0 Å². The van der Waals surface area contributed by atoms with Crippen LogP contribution in [0.15, 0.2) is 121 Å². The number of nitro groups is 5. The second kappa shape index (κ2) is 13.3. The van der Waals surface area contributed by atoms with E-state index < -0.39 is 54.2 Å². The molecule has 0 atom stereocenters. The normalized spacial score (nSPS) is 19.8. The standard InChI is InChI=1S/C35H25N5O10/c41-36(42)26-11-1-21(2-12-26)31-32(22-3-13-27(14-4-22)37(43)44)34(24-7-17-29(18-8-24)39(47)48)35(25-9-19-30(20-10-25)40(49)50)33(31)23-5-15-28(16-6-23)38(45)46/h1-20,31-35H. The van der Waals surface area contributed by atoms with Crippen LogP contribution in [0, 0.1) is 50.6 Å². The van der Waals surface area contributed by atoms with Gasteiger partial charge in [0.2, 0.25) is 0 Å². The van der Waals surface area contributed by atoms with Crippen molar-refractivity contribution in [1.29, 1.82) is 0 Å². The summed E-state index contributed by atoms with van der Waals surface area (Å²) in [6.07, 6.45) is 0. The van der Waals surface area contributed by atoms with Crippen molar-refractivity contribution in [3.63, 3.8) is 0 Å². The van der Waals surface area contributed by atoms with Gasteiger partial charge in [-0.25, -0.2) is 0 Å². The molecular weight excluding hydrogens is 650 g/mol. The van der Waals surface area contributed by atoms with Crippen LogP contribution in [0.4, 0.5) is 28.4 Å². The molecule has 0 unspecified atom stereocenters. The first kappa shape index (κ1) is 33.0. The molecule has 0 N–H and O–H groups in total. The zero-order chi connectivity index (χ0) is 35.7. The zero-order valence-electron chi connectivity index (χ0n) is 25.8. The van der Waals surface area contributed by atoms with E-state index in [-0.39, 0.29) is 28.4 Å². The Labute approximate surface area is 282 Å². The lowest BCUT2D eigenvalue weighted by molar-refractivity contribution is -0.385. The first-order valence-corrected chi connectivity index (χ1v) is 15.2. The molecule has 250 valence electrons. The molecule has 0 radical (unpaired) electrons. The van der Waals surface area contributed by atoms with Crippen LogP contribution in [0.1, 0.15) is 57.4 Å². The SMILES string of the molecule is O=[N+]([O-])c1ccc(C2C(c3ccc([N+](=O)[O-])cc3)C(c3ccc([N+](=O)[O-])cc3)C(c3ccc([N+](=O)[O-])cc3)C2c2ccc([N+](=O)[O-])cc2)cc1. The Morgan fingerprint density at radius 3 is 0.480 bits per heavy atom. The average Bonchev–Trinajstić information content (AvgIpc) is 3.48. The van der Waals surface area contributed by atoms with Gasteiger partial charge in [-0.05, 0) is 57.4 Å². The van der Waals surface area contributed by atoms with Crippen LogP contribution in [-0.4, -0.2) is 24.6 Å². The maximum Gasteiger partial charge on any atom is 0.269 e. The number of non-ortho nitro benzene ring substituents is 5. The Morgan fingerprint density at radius 1 is 0.260 bits per heavy atom. The molecule has 0 heterocycles. The highest BCUT2D eigenvalue weighted by Crippen LogP contribution is 2.67. The number of rotatable bonds is 10. The highest BCUT2D eigenvalue weighted by molar-refractivity contribution is 5.52. The molecule has 1 saturated carbocycles. The summed E-state index contributed by atoms with van der Waals surface area (Å²) in [6.45, 7) is 0. The first-order chi connectivity index (χ1) is 23.9. The summed E-state index contributed by atoms with van der Waals surface area (Å²) < 4.78 is 0. The minimum absolute atomic E-state index is 0.149. The smallest absolute Gasteiger partial charge is 0.258 e. The van der Waals surface area contributed by atoms with Gasteiger partial charge in [-0.2, -0.15) is 0 Å². The van der Waals surface area contributed by atoms with Crippen LogP contribution >= 0.6 is 0 Å². The molecule has 5 aromatic rings. The van der Waals surface area contributed by atoms with Crippen molar-refractivity contribution in [2.45, 2.75) is 29.6 Å². The maximum atomic E-state index is 11.6. The minimum Gasteiger partial charge on any atom is -0.258 e. The monoisotopic (exact) mass is 675 g/mol. The van der Waals surface area contributed by atoms with E-state index in [1.807, 2.05) is 0 Å². The fourth-order valence-electron chi connectivity index (χ4n) is 7.28. The Hall–Kier alpha value is -6.90. The number of nitrogens with zero attached hydrogens (tertiary/aromatic N) is 5.